The molecule has 0 amide bonds. The molecule has 2 aromatic rings. The van der Waals surface area contributed by atoms with Crippen molar-refractivity contribution in [2.75, 3.05) is 25.6 Å². The first-order valence-corrected chi connectivity index (χ1v) is 6.34. The van der Waals surface area contributed by atoms with E-state index in [1.54, 1.807) is 7.05 Å². The molecular weight excluding hydrogens is 274 g/mol. The van der Waals surface area contributed by atoms with Crippen LogP contribution in [-0.4, -0.2) is 30.2 Å². The number of nitrogens with one attached hydrogen (secondary N) is 1. The molecule has 1 aromatic carbocycles. The lowest BCUT2D eigenvalue weighted by atomic mass is 10.3. The maximum Gasteiger partial charge on any atom is 0.278 e. The molecule has 0 unspecified atom stereocenters. The van der Waals surface area contributed by atoms with Crippen molar-refractivity contribution in [2.24, 2.45) is 0 Å². The molecule has 2 rings (SSSR count). The van der Waals surface area contributed by atoms with Gasteiger partial charge in [-0.3, -0.25) is 10.1 Å². The van der Waals surface area contributed by atoms with Crippen LogP contribution in [0.1, 0.15) is 0 Å². The predicted octanol–water partition coefficient (Wildman–Crippen LogP) is 2.49. The molecule has 0 radical (unpaired) electrons. The third-order valence-corrected chi connectivity index (χ3v) is 2.60. The normalized spacial score (nSPS) is 9.95. The number of anilines is 1. The second-order valence-electron chi connectivity index (χ2n) is 4.07. The van der Waals surface area contributed by atoms with Crippen molar-refractivity contribution in [1.29, 1.82) is 0 Å². The quantitative estimate of drug-likeness (QED) is 0.479. The number of aromatic nitrogens is 1. The Morgan fingerprint density at radius 3 is 2.57 bits per heavy atom. The van der Waals surface area contributed by atoms with Gasteiger partial charge in [0.15, 0.2) is 0 Å². The zero-order valence-corrected chi connectivity index (χ0v) is 11.5. The Kier molecular flexibility index (Phi) is 4.92. The van der Waals surface area contributed by atoms with E-state index in [0.717, 1.165) is 5.75 Å². The van der Waals surface area contributed by atoms with Crippen LogP contribution in [0.15, 0.2) is 42.5 Å². The molecule has 0 aliphatic rings. The largest absolute Gasteiger partial charge is 0.490 e. The monoisotopic (exact) mass is 289 g/mol. The van der Waals surface area contributed by atoms with E-state index in [0.29, 0.717) is 12.4 Å². The van der Waals surface area contributed by atoms with Crippen LogP contribution in [0.4, 0.5) is 11.5 Å². The molecule has 1 heterocycles. The van der Waals surface area contributed by atoms with E-state index in [4.69, 9.17) is 9.47 Å². The smallest absolute Gasteiger partial charge is 0.278 e. The average molecular weight is 289 g/mol. The number of hydrogen-bond donors (Lipinski definition) is 1. The molecule has 0 saturated heterocycles. The van der Waals surface area contributed by atoms with Gasteiger partial charge in [0.05, 0.1) is 17.1 Å². The van der Waals surface area contributed by atoms with E-state index in [2.05, 4.69) is 10.3 Å². The Balaban J connectivity index is 1.90. The average Bonchev–Trinajstić information content (AvgIpc) is 2.52. The number of pyridine rings is 1. The Morgan fingerprint density at radius 2 is 1.90 bits per heavy atom. The number of nitrogens with zero attached hydrogens (tertiary/aromatic N) is 2. The van der Waals surface area contributed by atoms with Crippen LogP contribution >= 0.6 is 0 Å². The maximum absolute atomic E-state index is 10.8. The van der Waals surface area contributed by atoms with Gasteiger partial charge >= 0.3 is 0 Å². The molecule has 7 nitrogen and oxygen atoms in total. The first-order chi connectivity index (χ1) is 10.2. The van der Waals surface area contributed by atoms with Gasteiger partial charge in [-0.1, -0.05) is 18.2 Å². The van der Waals surface area contributed by atoms with Crippen molar-refractivity contribution in [3.8, 4) is 11.6 Å². The Labute approximate surface area is 121 Å². The van der Waals surface area contributed by atoms with Crippen LogP contribution in [0.3, 0.4) is 0 Å². The fourth-order valence-corrected chi connectivity index (χ4v) is 1.62. The van der Waals surface area contributed by atoms with Crippen molar-refractivity contribution >= 4 is 11.5 Å². The fourth-order valence-electron chi connectivity index (χ4n) is 1.62. The molecule has 0 atom stereocenters. The van der Waals surface area contributed by atoms with E-state index in [1.165, 1.54) is 12.1 Å². The highest BCUT2D eigenvalue weighted by molar-refractivity contribution is 5.47. The summed E-state index contributed by atoms with van der Waals surface area (Å²) in [6, 6.07) is 11.9. The number of rotatable bonds is 7. The van der Waals surface area contributed by atoms with Gasteiger partial charge in [0.25, 0.3) is 5.69 Å². The minimum Gasteiger partial charge on any atom is -0.490 e. The molecule has 0 spiro atoms. The van der Waals surface area contributed by atoms with Crippen molar-refractivity contribution < 1.29 is 14.4 Å². The lowest BCUT2D eigenvalue weighted by Crippen LogP contribution is -2.10. The van der Waals surface area contributed by atoms with Gasteiger partial charge in [-0.2, -0.15) is 4.98 Å². The standard InChI is InChI=1S/C14H15N3O4/c1-15-13-9-11(17(18)19)10-14(16-13)21-8-7-20-12-5-3-2-4-6-12/h2-6,9-10H,7-8H2,1H3,(H,15,16). The van der Waals surface area contributed by atoms with Gasteiger partial charge in [0, 0.05) is 7.05 Å². The summed E-state index contributed by atoms with van der Waals surface area (Å²) in [6.07, 6.45) is 0. The summed E-state index contributed by atoms with van der Waals surface area (Å²) in [5.74, 6) is 1.30. The van der Waals surface area contributed by atoms with Gasteiger partial charge in [-0.05, 0) is 12.1 Å². The summed E-state index contributed by atoms with van der Waals surface area (Å²) in [7, 11) is 1.63. The lowest BCUT2D eigenvalue weighted by Gasteiger charge is -2.08. The van der Waals surface area contributed by atoms with Gasteiger partial charge in [0.1, 0.15) is 24.8 Å². The van der Waals surface area contributed by atoms with Crippen LogP contribution in [-0.2, 0) is 0 Å². The Bertz CT molecular complexity index is 604. The third-order valence-electron chi connectivity index (χ3n) is 2.60. The summed E-state index contributed by atoms with van der Waals surface area (Å²) in [6.45, 7) is 0.565. The molecule has 110 valence electrons. The number of benzene rings is 1. The topological polar surface area (TPSA) is 86.5 Å². The van der Waals surface area contributed by atoms with Crippen LogP contribution in [0.25, 0.3) is 0 Å². The molecule has 1 N–H and O–H groups in total. The molecule has 1 aromatic heterocycles. The SMILES string of the molecule is CNc1cc([N+](=O)[O-])cc(OCCOc2ccccc2)n1. The van der Waals surface area contributed by atoms with E-state index in [-0.39, 0.29) is 18.2 Å². The lowest BCUT2D eigenvalue weighted by molar-refractivity contribution is -0.384. The zero-order chi connectivity index (χ0) is 15.1. The highest BCUT2D eigenvalue weighted by Crippen LogP contribution is 2.21. The van der Waals surface area contributed by atoms with Gasteiger partial charge in [-0.15, -0.1) is 0 Å². The second-order valence-corrected chi connectivity index (χ2v) is 4.07. The Morgan fingerprint density at radius 1 is 1.19 bits per heavy atom. The highest BCUT2D eigenvalue weighted by Gasteiger charge is 2.11. The predicted molar refractivity (Wildman–Crippen MR) is 77.9 cm³/mol. The first-order valence-electron chi connectivity index (χ1n) is 6.34. The van der Waals surface area contributed by atoms with Crippen molar-refractivity contribution in [1.82, 2.24) is 4.98 Å². The zero-order valence-electron chi connectivity index (χ0n) is 11.5. The minimum atomic E-state index is -0.490. The molecule has 0 aliphatic carbocycles. The van der Waals surface area contributed by atoms with Crippen LogP contribution in [0.5, 0.6) is 11.6 Å². The summed E-state index contributed by atoms with van der Waals surface area (Å²) < 4.78 is 10.8. The molecule has 0 fully saturated rings. The second kappa shape index (κ2) is 7.09. The number of para-hydroxylation sites is 1. The molecule has 0 bridgehead atoms. The molecular formula is C14H15N3O4. The molecule has 0 saturated carbocycles. The number of ether oxygens (including phenoxy) is 2. The maximum atomic E-state index is 10.8. The minimum absolute atomic E-state index is 0.0756. The van der Waals surface area contributed by atoms with E-state index in [1.807, 2.05) is 30.3 Å². The van der Waals surface area contributed by atoms with E-state index in [9.17, 15) is 10.1 Å². The van der Waals surface area contributed by atoms with Crippen LogP contribution in [0, 0.1) is 10.1 Å². The Hall–Kier alpha value is -2.83. The molecule has 0 aliphatic heterocycles. The van der Waals surface area contributed by atoms with E-state index >= 15 is 0 Å². The van der Waals surface area contributed by atoms with Crippen molar-refractivity contribution in [3.63, 3.8) is 0 Å². The highest BCUT2D eigenvalue weighted by atomic mass is 16.6. The summed E-state index contributed by atoms with van der Waals surface area (Å²) in [4.78, 5) is 14.4. The van der Waals surface area contributed by atoms with Gasteiger partial charge < -0.3 is 14.8 Å². The van der Waals surface area contributed by atoms with Crippen molar-refractivity contribution in [2.45, 2.75) is 0 Å². The summed E-state index contributed by atoms with van der Waals surface area (Å²) in [5.41, 5.74) is -0.0756. The number of nitro groups is 1. The summed E-state index contributed by atoms with van der Waals surface area (Å²) in [5, 5.41) is 13.6. The number of hydrogen-bond acceptors (Lipinski definition) is 6. The van der Waals surface area contributed by atoms with Crippen molar-refractivity contribution in [3.05, 3.63) is 52.6 Å². The fraction of sp³-hybridized carbons (Fsp3) is 0.214. The van der Waals surface area contributed by atoms with Gasteiger partial charge in [0.2, 0.25) is 5.88 Å². The van der Waals surface area contributed by atoms with Crippen LogP contribution < -0.4 is 14.8 Å². The van der Waals surface area contributed by atoms with E-state index < -0.39 is 4.92 Å². The van der Waals surface area contributed by atoms with Crippen LogP contribution in [0.2, 0.25) is 0 Å². The first kappa shape index (κ1) is 14.6. The molecule has 7 heteroatoms. The third kappa shape index (κ3) is 4.34. The van der Waals surface area contributed by atoms with Gasteiger partial charge in [-0.25, -0.2) is 0 Å². The summed E-state index contributed by atoms with van der Waals surface area (Å²) >= 11 is 0. The molecule has 21 heavy (non-hydrogen) atoms.